The van der Waals surface area contributed by atoms with Crippen molar-refractivity contribution < 1.29 is 37.5 Å². The number of aryl methyl sites for hydroxylation is 1. The van der Waals surface area contributed by atoms with Gasteiger partial charge in [-0.1, -0.05) is 12.8 Å². The summed E-state index contributed by atoms with van der Waals surface area (Å²) in [5, 5.41) is 0.698. The van der Waals surface area contributed by atoms with Crippen LogP contribution in [-0.2, 0) is 32.7 Å². The van der Waals surface area contributed by atoms with Crippen molar-refractivity contribution in [3.8, 4) is 0 Å². The Labute approximate surface area is 159 Å². The van der Waals surface area contributed by atoms with Crippen molar-refractivity contribution in [3.63, 3.8) is 0 Å². The Morgan fingerprint density at radius 3 is 2.61 bits per heavy atom. The summed E-state index contributed by atoms with van der Waals surface area (Å²) in [5.41, 5.74) is 1.08. The van der Waals surface area contributed by atoms with Crippen molar-refractivity contribution in [2.45, 2.75) is 45.6 Å². The fourth-order valence-corrected chi connectivity index (χ4v) is 3.30. The van der Waals surface area contributed by atoms with Gasteiger partial charge >= 0.3 is 0 Å². The van der Waals surface area contributed by atoms with E-state index in [-0.39, 0.29) is 61.6 Å². The van der Waals surface area contributed by atoms with Crippen LogP contribution in [0.4, 0.5) is 5.95 Å². The summed E-state index contributed by atoms with van der Waals surface area (Å²) in [6, 6.07) is 0.0641. The maximum atomic E-state index is 12.9. The van der Waals surface area contributed by atoms with Crippen LogP contribution in [0, 0.1) is 6.92 Å². The van der Waals surface area contributed by atoms with Gasteiger partial charge in [-0.15, -0.1) is 0 Å². The second-order valence-corrected chi connectivity index (χ2v) is 5.71. The number of aromatic nitrogens is 3. The molecule has 0 saturated heterocycles. The van der Waals surface area contributed by atoms with Crippen molar-refractivity contribution in [2.24, 2.45) is 4.99 Å². The second-order valence-electron chi connectivity index (χ2n) is 5.71. The minimum absolute atomic E-state index is 0. The van der Waals surface area contributed by atoms with Gasteiger partial charge in [-0.3, -0.25) is 19.1 Å². The van der Waals surface area contributed by atoms with Crippen molar-refractivity contribution in [1.82, 2.24) is 14.5 Å². The van der Waals surface area contributed by atoms with Gasteiger partial charge in [0.2, 0.25) is 0 Å². The summed E-state index contributed by atoms with van der Waals surface area (Å²) in [5.74, 6) is -0.0997. The molecular weight excluding hydrogens is 369 g/mol. The molecule has 0 atom stereocenters. The Balaban J connectivity index is 0.00000192. The quantitative estimate of drug-likeness (QED) is 0.462. The van der Waals surface area contributed by atoms with Gasteiger partial charge in [-0.25, -0.2) is 0 Å². The number of Topliss-reactive ketones (excluding diaryl/α,β-unsaturated/α-hetero) is 1. The SMILES string of the molecule is [CH-]=Nc1ncc2c(C)c(C(C)=O)c(=O)n(C3CCCC3)c2n1.[Y]. The zero-order valence-electron chi connectivity index (χ0n) is 13.2. The summed E-state index contributed by atoms with van der Waals surface area (Å²) < 4.78 is 1.64. The smallest absolute Gasteiger partial charge is 0.263 e. The maximum Gasteiger partial charge on any atom is 0.263 e. The van der Waals surface area contributed by atoms with Gasteiger partial charge in [0, 0.05) is 50.3 Å². The molecule has 1 radical (unpaired) electrons. The average molecular weight is 386 g/mol. The van der Waals surface area contributed by atoms with E-state index in [1.165, 1.54) is 6.92 Å². The molecule has 3 rings (SSSR count). The van der Waals surface area contributed by atoms with Crippen LogP contribution in [-0.4, -0.2) is 27.0 Å². The van der Waals surface area contributed by atoms with Crippen molar-refractivity contribution >= 4 is 29.5 Å². The second kappa shape index (κ2) is 7.10. The molecule has 2 aromatic rings. The first-order valence-electron chi connectivity index (χ1n) is 7.38. The Kier molecular flexibility index (Phi) is 5.58. The number of carbonyl (C=O) groups is 1. The summed E-state index contributed by atoms with van der Waals surface area (Å²) in [4.78, 5) is 36.6. The molecule has 7 heteroatoms. The molecule has 1 fully saturated rings. The van der Waals surface area contributed by atoms with Crippen LogP contribution in [0.15, 0.2) is 16.0 Å². The molecule has 1 aliphatic carbocycles. The number of aliphatic imine (C=N–C) groups is 1. The summed E-state index contributed by atoms with van der Waals surface area (Å²) in [7, 11) is 0. The van der Waals surface area contributed by atoms with E-state index in [1.54, 1.807) is 17.7 Å². The van der Waals surface area contributed by atoms with E-state index < -0.39 is 0 Å². The van der Waals surface area contributed by atoms with E-state index in [1.807, 2.05) is 0 Å². The summed E-state index contributed by atoms with van der Waals surface area (Å²) >= 11 is 0. The molecule has 0 unspecified atom stereocenters. The molecular formula is C16H17N4O2Y-. The Morgan fingerprint density at radius 1 is 1.39 bits per heavy atom. The van der Waals surface area contributed by atoms with Gasteiger partial charge in [0.15, 0.2) is 5.78 Å². The van der Waals surface area contributed by atoms with Gasteiger partial charge < -0.3 is 9.98 Å². The third-order valence-corrected chi connectivity index (χ3v) is 4.35. The molecule has 23 heavy (non-hydrogen) atoms. The predicted octanol–water partition coefficient (Wildman–Crippen LogP) is 2.62. The van der Waals surface area contributed by atoms with Crippen LogP contribution in [0.25, 0.3) is 11.0 Å². The topological polar surface area (TPSA) is 77.2 Å². The molecule has 1 saturated carbocycles. The molecule has 0 aliphatic heterocycles. The fraction of sp³-hybridized carbons (Fsp3) is 0.438. The van der Waals surface area contributed by atoms with E-state index in [4.69, 9.17) is 6.72 Å². The number of ketones is 1. The van der Waals surface area contributed by atoms with Crippen LogP contribution in [0.3, 0.4) is 0 Å². The number of rotatable bonds is 3. The third-order valence-electron chi connectivity index (χ3n) is 4.35. The number of carbonyl (C=O) groups excluding carboxylic acids is 1. The first-order chi connectivity index (χ1) is 10.5. The zero-order valence-corrected chi connectivity index (χ0v) is 16.1. The van der Waals surface area contributed by atoms with Gasteiger partial charge in [0.05, 0.1) is 11.5 Å². The molecule has 6 nitrogen and oxygen atoms in total. The monoisotopic (exact) mass is 386 g/mol. The van der Waals surface area contributed by atoms with Gasteiger partial charge in [-0.05, 0) is 32.3 Å². The number of hydrogen-bond donors (Lipinski definition) is 0. The Hall–Kier alpha value is -1.27. The van der Waals surface area contributed by atoms with E-state index in [0.717, 1.165) is 25.7 Å². The van der Waals surface area contributed by atoms with E-state index >= 15 is 0 Å². The fourth-order valence-electron chi connectivity index (χ4n) is 3.30. The van der Waals surface area contributed by atoms with Gasteiger partial charge in [-0.2, -0.15) is 6.72 Å². The van der Waals surface area contributed by atoms with Gasteiger partial charge in [0.25, 0.3) is 5.56 Å². The van der Waals surface area contributed by atoms with Crippen LogP contribution >= 0.6 is 0 Å². The molecule has 0 N–H and O–H groups in total. The first-order valence-corrected chi connectivity index (χ1v) is 7.38. The third kappa shape index (κ3) is 3.06. The first kappa shape index (κ1) is 18.1. The number of nitrogens with zero attached hydrogens (tertiary/aromatic N) is 4. The molecule has 2 aromatic heterocycles. The number of pyridine rings is 1. The maximum absolute atomic E-state index is 12.9. The average Bonchev–Trinajstić information content (AvgIpc) is 3.00. The molecule has 0 bridgehead atoms. The van der Waals surface area contributed by atoms with Crippen LogP contribution < -0.4 is 5.56 Å². The molecule has 0 spiro atoms. The summed E-state index contributed by atoms with van der Waals surface area (Å²) in [6.07, 6.45) is 5.55. The predicted molar refractivity (Wildman–Crippen MR) is 84.2 cm³/mol. The molecule has 0 aromatic carbocycles. The van der Waals surface area contributed by atoms with E-state index in [9.17, 15) is 9.59 Å². The Morgan fingerprint density at radius 2 is 2.04 bits per heavy atom. The molecule has 0 amide bonds. The Bertz CT molecular complexity index is 838. The minimum atomic E-state index is -0.272. The summed E-state index contributed by atoms with van der Waals surface area (Å²) in [6.45, 7) is 8.42. The molecule has 117 valence electrons. The molecule has 1 aliphatic rings. The minimum Gasteiger partial charge on any atom is -0.427 e. The van der Waals surface area contributed by atoms with Crippen LogP contribution in [0.2, 0.25) is 0 Å². The van der Waals surface area contributed by atoms with E-state index in [2.05, 4.69) is 15.0 Å². The normalized spacial score (nSPS) is 14.7. The largest absolute Gasteiger partial charge is 0.427 e. The number of fused-ring (bicyclic) bond motifs is 1. The molecule has 2 heterocycles. The van der Waals surface area contributed by atoms with Crippen molar-refractivity contribution in [1.29, 1.82) is 0 Å². The van der Waals surface area contributed by atoms with E-state index in [0.29, 0.717) is 16.6 Å². The standard InChI is InChI=1S/C16H17N4O2.Y/c1-9-12-8-18-16(17-3)19-14(12)20(11-6-4-5-7-11)15(22)13(9)10(2)21;/h3,8,11H,4-7H2,1-2H3;/q-1;. The number of hydrogen-bond acceptors (Lipinski definition) is 5. The van der Waals surface area contributed by atoms with Crippen molar-refractivity contribution in [3.05, 3.63) is 27.7 Å². The van der Waals surface area contributed by atoms with Crippen molar-refractivity contribution in [2.75, 3.05) is 0 Å². The van der Waals surface area contributed by atoms with Crippen LogP contribution in [0.5, 0.6) is 0 Å². The van der Waals surface area contributed by atoms with Crippen LogP contribution in [0.1, 0.15) is 54.6 Å². The zero-order chi connectivity index (χ0) is 15.9. The van der Waals surface area contributed by atoms with Gasteiger partial charge in [0.1, 0.15) is 5.65 Å².